The van der Waals surface area contributed by atoms with Gasteiger partial charge in [0.15, 0.2) is 0 Å². The van der Waals surface area contributed by atoms with Crippen molar-refractivity contribution in [2.75, 3.05) is 5.08 Å². The van der Waals surface area contributed by atoms with Crippen LogP contribution in [0.4, 0.5) is 0 Å². The lowest BCUT2D eigenvalue weighted by Gasteiger charge is -2.33. The summed E-state index contributed by atoms with van der Waals surface area (Å²) < 4.78 is 57.4. The molecule has 6 nitrogen and oxygen atoms in total. The van der Waals surface area contributed by atoms with E-state index in [-0.39, 0.29) is 11.8 Å². The van der Waals surface area contributed by atoms with Crippen molar-refractivity contribution in [2.45, 2.75) is 39.2 Å². The van der Waals surface area contributed by atoms with E-state index in [1.165, 1.54) is 0 Å². The van der Waals surface area contributed by atoms with Crippen LogP contribution in [0.2, 0.25) is 0 Å². The molecule has 1 aliphatic carbocycles. The van der Waals surface area contributed by atoms with Crippen molar-refractivity contribution in [1.29, 1.82) is 0 Å². The summed E-state index contributed by atoms with van der Waals surface area (Å²) in [6.45, 7) is 3.76. The van der Waals surface area contributed by atoms with Gasteiger partial charge in [0.05, 0.1) is 6.10 Å². The van der Waals surface area contributed by atoms with E-state index >= 15 is 0 Å². The third kappa shape index (κ3) is 4.90. The van der Waals surface area contributed by atoms with Crippen molar-refractivity contribution >= 4 is 20.2 Å². The molecule has 2 atom stereocenters. The van der Waals surface area contributed by atoms with Crippen LogP contribution in [0, 0.1) is 11.8 Å². The van der Waals surface area contributed by atoms with Gasteiger partial charge in [-0.1, -0.05) is 20.3 Å². The first-order valence-corrected chi connectivity index (χ1v) is 8.65. The molecule has 2 unspecified atom stereocenters. The second-order valence-electron chi connectivity index (χ2n) is 4.70. The SMILES string of the molecule is CC1CCCC(C)C1OS(=O)(=O)CS(=O)(=O)O. The zero-order valence-corrected chi connectivity index (χ0v) is 11.5. The first-order valence-electron chi connectivity index (χ1n) is 5.47. The Labute approximate surface area is 102 Å². The number of hydrogen-bond donors (Lipinski definition) is 1. The van der Waals surface area contributed by atoms with Crippen LogP contribution in [0.1, 0.15) is 33.1 Å². The van der Waals surface area contributed by atoms with Crippen LogP contribution in [0.15, 0.2) is 0 Å². The van der Waals surface area contributed by atoms with Crippen molar-refractivity contribution in [2.24, 2.45) is 11.8 Å². The Hall–Kier alpha value is -0.180. The standard InChI is InChI=1S/C9H18O6S2/c1-7-4-3-5-8(2)9(7)15-17(13,14)6-16(10,11)12/h7-9H,3-6H2,1-2H3,(H,10,11,12). The van der Waals surface area contributed by atoms with E-state index < -0.39 is 31.4 Å². The average Bonchev–Trinajstić information content (AvgIpc) is 2.07. The van der Waals surface area contributed by atoms with Crippen molar-refractivity contribution in [3.8, 4) is 0 Å². The average molecular weight is 286 g/mol. The molecule has 0 radical (unpaired) electrons. The highest BCUT2D eigenvalue weighted by atomic mass is 32.3. The molecule has 0 saturated heterocycles. The van der Waals surface area contributed by atoms with Gasteiger partial charge in [-0.25, -0.2) is 0 Å². The summed E-state index contributed by atoms with van der Waals surface area (Å²) >= 11 is 0. The Balaban J connectivity index is 2.75. The normalized spacial score (nSPS) is 31.4. The van der Waals surface area contributed by atoms with Gasteiger partial charge in [0.2, 0.25) is 5.08 Å². The second-order valence-corrected chi connectivity index (χ2v) is 8.12. The predicted molar refractivity (Wildman–Crippen MR) is 62.4 cm³/mol. The van der Waals surface area contributed by atoms with Gasteiger partial charge in [-0.15, -0.1) is 0 Å². The Bertz CT molecular complexity index is 442. The van der Waals surface area contributed by atoms with Crippen LogP contribution in [0.25, 0.3) is 0 Å². The van der Waals surface area contributed by atoms with E-state index in [0.717, 1.165) is 19.3 Å². The van der Waals surface area contributed by atoms with E-state index in [2.05, 4.69) is 0 Å². The molecular weight excluding hydrogens is 268 g/mol. The molecule has 0 aromatic carbocycles. The highest BCUT2D eigenvalue weighted by Crippen LogP contribution is 2.32. The monoisotopic (exact) mass is 286 g/mol. The maximum atomic E-state index is 11.4. The van der Waals surface area contributed by atoms with Crippen molar-refractivity contribution in [1.82, 2.24) is 0 Å². The van der Waals surface area contributed by atoms with E-state index in [0.29, 0.717) is 0 Å². The van der Waals surface area contributed by atoms with Crippen LogP contribution in [0.5, 0.6) is 0 Å². The molecule has 0 spiro atoms. The third-order valence-electron chi connectivity index (χ3n) is 2.99. The summed E-state index contributed by atoms with van der Waals surface area (Å²) in [5.41, 5.74) is 0. The van der Waals surface area contributed by atoms with Crippen LogP contribution < -0.4 is 0 Å². The predicted octanol–water partition coefficient (Wildman–Crippen LogP) is 1.00. The van der Waals surface area contributed by atoms with Gasteiger partial charge in [0.25, 0.3) is 20.2 Å². The highest BCUT2D eigenvalue weighted by Gasteiger charge is 2.34. The summed E-state index contributed by atoms with van der Waals surface area (Å²) in [6, 6.07) is 0. The lowest BCUT2D eigenvalue weighted by atomic mass is 9.81. The summed E-state index contributed by atoms with van der Waals surface area (Å²) in [7, 11) is -8.82. The fourth-order valence-corrected chi connectivity index (χ4v) is 4.62. The van der Waals surface area contributed by atoms with Crippen LogP contribution >= 0.6 is 0 Å². The van der Waals surface area contributed by atoms with E-state index in [4.69, 9.17) is 8.74 Å². The van der Waals surface area contributed by atoms with E-state index in [1.54, 1.807) is 0 Å². The number of hydrogen-bond acceptors (Lipinski definition) is 5. The molecule has 1 N–H and O–H groups in total. The molecule has 0 heterocycles. The molecular formula is C9H18O6S2. The molecule has 0 amide bonds. The quantitative estimate of drug-likeness (QED) is 0.611. The Morgan fingerprint density at radius 1 is 1.12 bits per heavy atom. The van der Waals surface area contributed by atoms with Gasteiger partial charge in [0.1, 0.15) is 0 Å². The third-order valence-corrected chi connectivity index (χ3v) is 5.85. The smallest absolute Gasteiger partial charge is 0.284 e. The zero-order valence-electron chi connectivity index (χ0n) is 9.87. The molecule has 17 heavy (non-hydrogen) atoms. The lowest BCUT2D eigenvalue weighted by Crippen LogP contribution is -2.36. The molecule has 0 aliphatic heterocycles. The molecule has 1 rings (SSSR count). The van der Waals surface area contributed by atoms with Crippen molar-refractivity contribution in [3.05, 3.63) is 0 Å². The molecule has 1 saturated carbocycles. The summed E-state index contributed by atoms with van der Waals surface area (Å²) in [5.74, 6) is 0.129. The molecule has 1 fully saturated rings. The molecule has 0 aromatic heterocycles. The van der Waals surface area contributed by atoms with Crippen molar-refractivity contribution in [3.63, 3.8) is 0 Å². The molecule has 0 bridgehead atoms. The minimum Gasteiger partial charge on any atom is -0.285 e. The minimum absolute atomic E-state index is 0.0647. The second kappa shape index (κ2) is 5.21. The first-order chi connectivity index (χ1) is 7.61. The Morgan fingerprint density at radius 2 is 1.59 bits per heavy atom. The Morgan fingerprint density at radius 3 is 2.00 bits per heavy atom. The largest absolute Gasteiger partial charge is 0.285 e. The molecule has 8 heteroatoms. The summed E-state index contributed by atoms with van der Waals surface area (Å²) in [6.07, 6.45) is 2.23. The topological polar surface area (TPSA) is 97.7 Å². The molecule has 102 valence electrons. The van der Waals surface area contributed by atoms with Crippen LogP contribution in [-0.2, 0) is 24.4 Å². The fraction of sp³-hybridized carbons (Fsp3) is 1.00. The van der Waals surface area contributed by atoms with Crippen LogP contribution in [-0.4, -0.2) is 32.6 Å². The van der Waals surface area contributed by atoms with Gasteiger partial charge < -0.3 is 0 Å². The highest BCUT2D eigenvalue weighted by molar-refractivity contribution is 8.03. The Kier molecular flexibility index (Phi) is 4.56. The molecule has 0 aromatic rings. The lowest BCUT2D eigenvalue weighted by molar-refractivity contribution is 0.0616. The van der Waals surface area contributed by atoms with E-state index in [9.17, 15) is 16.8 Å². The van der Waals surface area contributed by atoms with E-state index in [1.807, 2.05) is 13.8 Å². The van der Waals surface area contributed by atoms with Crippen molar-refractivity contribution < 1.29 is 25.6 Å². The van der Waals surface area contributed by atoms with Gasteiger partial charge in [0, 0.05) is 0 Å². The van der Waals surface area contributed by atoms with Gasteiger partial charge >= 0.3 is 0 Å². The van der Waals surface area contributed by atoms with Gasteiger partial charge in [-0.2, -0.15) is 16.8 Å². The minimum atomic E-state index is -4.58. The fourth-order valence-electron chi connectivity index (χ4n) is 2.22. The first kappa shape index (κ1) is 14.9. The molecule has 1 aliphatic rings. The van der Waals surface area contributed by atoms with Crippen LogP contribution in [0.3, 0.4) is 0 Å². The number of rotatable bonds is 4. The zero-order chi connectivity index (χ0) is 13.3. The summed E-state index contributed by atoms with van der Waals surface area (Å²) in [4.78, 5) is 0. The van der Waals surface area contributed by atoms with Gasteiger partial charge in [-0.3, -0.25) is 8.74 Å². The maximum absolute atomic E-state index is 11.4. The summed E-state index contributed by atoms with van der Waals surface area (Å²) in [5, 5.41) is -1.38. The maximum Gasteiger partial charge on any atom is 0.284 e. The van der Waals surface area contributed by atoms with Gasteiger partial charge in [-0.05, 0) is 24.7 Å².